The van der Waals surface area contributed by atoms with E-state index < -0.39 is 0 Å². The van der Waals surface area contributed by atoms with Gasteiger partial charge in [0.1, 0.15) is 0 Å². The molecule has 2 nitrogen and oxygen atoms in total. The zero-order valence-corrected chi connectivity index (χ0v) is 9.86. The van der Waals surface area contributed by atoms with E-state index in [0.717, 1.165) is 5.56 Å². The van der Waals surface area contributed by atoms with Crippen molar-refractivity contribution < 1.29 is 9.59 Å². The number of halogens is 1. The van der Waals surface area contributed by atoms with E-state index in [0.29, 0.717) is 19.3 Å². The molecule has 0 saturated carbocycles. The third-order valence-electron chi connectivity index (χ3n) is 1.87. The highest BCUT2D eigenvalue weighted by Crippen LogP contribution is 2.08. The Balaban J connectivity index is 2.40. The second-order valence-electron chi connectivity index (χ2n) is 3.00. The first-order valence-electron chi connectivity index (χ1n) is 4.47. The molecule has 0 atom stereocenters. The molecule has 0 unspecified atom stereocenters. The van der Waals surface area contributed by atoms with E-state index in [-0.39, 0.29) is 9.57 Å². The normalized spacial score (nSPS) is 9.79. The van der Waals surface area contributed by atoms with Crippen LogP contribution in [-0.4, -0.2) is 9.57 Å². The first-order valence-corrected chi connectivity index (χ1v) is 5.54. The number of benzene rings is 1. The maximum atomic E-state index is 11.5. The van der Waals surface area contributed by atoms with Gasteiger partial charge in [-0.05, 0) is 29.0 Å². The maximum absolute atomic E-state index is 11.5. The largest absolute Gasteiger partial charge is 0.294 e. The Morgan fingerprint density at radius 1 is 1.07 bits per heavy atom. The lowest BCUT2D eigenvalue weighted by Crippen LogP contribution is -1.99. The van der Waals surface area contributed by atoms with Gasteiger partial charge in [0.15, 0.2) is 9.57 Å². The molecule has 1 aromatic rings. The average Bonchev–Trinajstić information content (AvgIpc) is 2.18. The lowest BCUT2D eigenvalue weighted by molar-refractivity contribution is -0.109. The summed E-state index contributed by atoms with van der Waals surface area (Å²) in [5.74, 6) is 0.114. The lowest BCUT2D eigenvalue weighted by atomic mass is 10.1. The number of Topliss-reactive ketones (excluding diaryl/α,β-unsaturated/α-hetero) is 1. The van der Waals surface area contributed by atoms with Crippen LogP contribution in [0.4, 0.5) is 0 Å². The predicted molar refractivity (Wildman–Crippen MR) is 63.7 cm³/mol. The summed E-state index contributed by atoms with van der Waals surface area (Å²) < 4.78 is 0.114. The second kappa shape index (κ2) is 5.90. The van der Waals surface area contributed by atoms with Crippen molar-refractivity contribution >= 4 is 32.2 Å². The van der Waals surface area contributed by atoms with Gasteiger partial charge in [0.25, 0.3) is 0 Å². The molecule has 0 fully saturated rings. The molecule has 0 spiro atoms. The van der Waals surface area contributed by atoms with Crippen LogP contribution in [0.15, 0.2) is 30.3 Å². The van der Waals surface area contributed by atoms with Crippen LogP contribution >= 0.6 is 22.6 Å². The van der Waals surface area contributed by atoms with Gasteiger partial charge >= 0.3 is 0 Å². The molecule has 0 aromatic heterocycles. The van der Waals surface area contributed by atoms with Gasteiger partial charge in [-0.2, -0.15) is 0 Å². The van der Waals surface area contributed by atoms with Crippen LogP contribution in [0.25, 0.3) is 0 Å². The van der Waals surface area contributed by atoms with E-state index in [4.69, 9.17) is 0 Å². The van der Waals surface area contributed by atoms with Crippen molar-refractivity contribution in [2.45, 2.75) is 19.3 Å². The fraction of sp³-hybridized carbons (Fsp3) is 0.273. The van der Waals surface area contributed by atoms with Gasteiger partial charge < -0.3 is 0 Å². The monoisotopic (exact) mass is 302 g/mol. The van der Waals surface area contributed by atoms with Crippen LogP contribution in [0.1, 0.15) is 29.6 Å². The molecular weight excluding hydrogens is 291 g/mol. The van der Waals surface area contributed by atoms with Crippen molar-refractivity contribution in [1.29, 1.82) is 0 Å². The molecule has 1 rings (SSSR count). The number of carbonyl (C=O) groups excluding carboxylic acids is 2. The molecule has 0 amide bonds. The van der Waals surface area contributed by atoms with Crippen LogP contribution in [0.3, 0.4) is 0 Å². The molecule has 0 aliphatic rings. The summed E-state index contributed by atoms with van der Waals surface area (Å²) in [6.07, 6.45) is 1.59. The smallest absolute Gasteiger partial charge is 0.192 e. The Morgan fingerprint density at radius 3 is 2.29 bits per heavy atom. The van der Waals surface area contributed by atoms with Gasteiger partial charge in [0, 0.05) is 18.4 Å². The average molecular weight is 302 g/mol. The Labute approximate surface area is 96.8 Å². The van der Waals surface area contributed by atoms with Gasteiger partial charge in [-0.3, -0.25) is 9.59 Å². The summed E-state index contributed by atoms with van der Waals surface area (Å²) in [7, 11) is 0. The fourth-order valence-corrected chi connectivity index (χ4v) is 1.54. The van der Waals surface area contributed by atoms with E-state index in [1.807, 2.05) is 18.2 Å². The number of carbonyl (C=O) groups is 2. The summed E-state index contributed by atoms with van der Waals surface area (Å²) in [4.78, 5) is 22.1. The zero-order valence-electron chi connectivity index (χ0n) is 7.70. The number of hydrogen-bond donors (Lipinski definition) is 0. The molecule has 0 saturated heterocycles. The van der Waals surface area contributed by atoms with Crippen molar-refractivity contribution in [2.24, 2.45) is 0 Å². The first-order chi connectivity index (χ1) is 6.70. The van der Waals surface area contributed by atoms with E-state index in [1.54, 1.807) is 34.7 Å². The highest BCUT2D eigenvalue weighted by Gasteiger charge is 2.05. The minimum atomic E-state index is 0.114. The summed E-state index contributed by atoms with van der Waals surface area (Å²) in [5, 5.41) is 0. The Kier molecular flexibility index (Phi) is 4.79. The van der Waals surface area contributed by atoms with Crippen molar-refractivity contribution in [2.75, 3.05) is 0 Å². The van der Waals surface area contributed by atoms with Crippen LogP contribution < -0.4 is 0 Å². The lowest BCUT2D eigenvalue weighted by Gasteiger charge is -1.98. The van der Waals surface area contributed by atoms with Gasteiger partial charge in [0.2, 0.25) is 0 Å². The summed E-state index contributed by atoms with van der Waals surface area (Å²) in [5.41, 5.74) is 0.730. The fourth-order valence-electron chi connectivity index (χ4n) is 1.16. The number of ketones is 1. The molecule has 0 radical (unpaired) electrons. The molecule has 3 heteroatoms. The van der Waals surface area contributed by atoms with Crippen molar-refractivity contribution in [1.82, 2.24) is 0 Å². The highest BCUT2D eigenvalue weighted by molar-refractivity contribution is 14.1. The summed E-state index contributed by atoms with van der Waals surface area (Å²) >= 11 is 1.75. The topological polar surface area (TPSA) is 34.1 Å². The van der Waals surface area contributed by atoms with Crippen molar-refractivity contribution in [3.63, 3.8) is 0 Å². The van der Waals surface area contributed by atoms with Crippen molar-refractivity contribution in [3.05, 3.63) is 35.9 Å². The molecule has 0 aliphatic carbocycles. The molecule has 74 valence electrons. The molecule has 14 heavy (non-hydrogen) atoms. The second-order valence-corrected chi connectivity index (χ2v) is 4.20. The molecular formula is C11H11IO2. The van der Waals surface area contributed by atoms with Crippen LogP contribution in [0.5, 0.6) is 0 Å². The standard InChI is InChI=1S/C11H11IO2/c12-11(14)8-4-7-10(13)9-5-2-1-3-6-9/h1-3,5-6H,4,7-8H2. The molecule has 0 N–H and O–H groups in total. The quantitative estimate of drug-likeness (QED) is 0.476. The number of rotatable bonds is 5. The summed E-state index contributed by atoms with van der Waals surface area (Å²) in [6, 6.07) is 9.17. The van der Waals surface area contributed by atoms with Gasteiger partial charge in [-0.25, -0.2) is 0 Å². The molecule has 0 bridgehead atoms. The molecule has 0 aliphatic heterocycles. The molecule has 1 aromatic carbocycles. The van der Waals surface area contributed by atoms with Gasteiger partial charge in [-0.1, -0.05) is 30.3 Å². The molecule has 0 heterocycles. The number of hydrogen-bond acceptors (Lipinski definition) is 2. The minimum absolute atomic E-state index is 0.114. The van der Waals surface area contributed by atoms with Crippen LogP contribution in [0.2, 0.25) is 0 Å². The Hall–Kier alpha value is -0.710. The van der Waals surface area contributed by atoms with Crippen LogP contribution in [0, 0.1) is 0 Å². The van der Waals surface area contributed by atoms with E-state index >= 15 is 0 Å². The van der Waals surface area contributed by atoms with Crippen molar-refractivity contribution in [3.8, 4) is 0 Å². The highest BCUT2D eigenvalue weighted by atomic mass is 127. The van der Waals surface area contributed by atoms with E-state index in [9.17, 15) is 9.59 Å². The van der Waals surface area contributed by atoms with E-state index in [2.05, 4.69) is 0 Å². The maximum Gasteiger partial charge on any atom is 0.192 e. The third kappa shape index (κ3) is 4.00. The predicted octanol–water partition coefficient (Wildman–Crippen LogP) is 3.00. The van der Waals surface area contributed by atoms with Gasteiger partial charge in [-0.15, -0.1) is 0 Å². The Morgan fingerprint density at radius 2 is 1.71 bits per heavy atom. The van der Waals surface area contributed by atoms with E-state index in [1.165, 1.54) is 0 Å². The zero-order chi connectivity index (χ0) is 10.4. The Bertz CT molecular complexity index is 319. The minimum Gasteiger partial charge on any atom is -0.294 e. The SMILES string of the molecule is O=C(I)CCCC(=O)c1ccccc1. The van der Waals surface area contributed by atoms with Gasteiger partial charge in [0.05, 0.1) is 0 Å². The summed E-state index contributed by atoms with van der Waals surface area (Å²) in [6.45, 7) is 0. The van der Waals surface area contributed by atoms with Crippen LogP contribution in [-0.2, 0) is 4.79 Å². The first kappa shape index (κ1) is 11.4. The third-order valence-corrected chi connectivity index (χ3v) is 2.41.